The summed E-state index contributed by atoms with van der Waals surface area (Å²) in [5.74, 6) is 0. The first-order valence-electron chi connectivity index (χ1n) is 11.1. The van der Waals surface area contributed by atoms with Gasteiger partial charge in [-0.05, 0) is 42.5 Å². The van der Waals surface area contributed by atoms with E-state index >= 15 is 0 Å². The zero-order valence-corrected chi connectivity index (χ0v) is 18.1. The van der Waals surface area contributed by atoms with Crippen LogP contribution in [0.1, 0.15) is 63.5 Å². The average Bonchev–Trinajstić information content (AvgIpc) is 2.75. The normalized spacial score (nSPS) is 11.8. The first-order valence-corrected chi connectivity index (χ1v) is 11.1. The van der Waals surface area contributed by atoms with Gasteiger partial charge in [0.05, 0.1) is 0 Å². The summed E-state index contributed by atoms with van der Waals surface area (Å²) in [6.07, 6.45) is 8.05. The highest BCUT2D eigenvalue weighted by atomic mass is 16.2. The summed E-state index contributed by atoms with van der Waals surface area (Å²) in [6.45, 7) is 5.38. The highest BCUT2D eigenvalue weighted by molar-refractivity contribution is 5.92. The standard InChI is InChI=1S/C25H37N3O/c1-3-5-6-8-12-21-15-17-24(18-16-21)28(20-23(26)11-4-2)25(29)27-19-22-13-9-7-10-14-22/h7,9-10,13-18,23H,3-6,8,11-12,19-20,26H2,1-2H3,(H,27,29). The van der Waals surface area contributed by atoms with Crippen LogP contribution in [0.3, 0.4) is 0 Å². The SMILES string of the molecule is CCCCCCc1ccc(N(CC(N)CCC)C(=O)NCc2ccccc2)cc1. The molecule has 29 heavy (non-hydrogen) atoms. The largest absolute Gasteiger partial charge is 0.334 e. The molecule has 4 nitrogen and oxygen atoms in total. The van der Waals surface area contributed by atoms with E-state index in [2.05, 4.69) is 43.4 Å². The zero-order chi connectivity index (χ0) is 20.9. The number of hydrogen-bond acceptors (Lipinski definition) is 2. The molecule has 0 aliphatic heterocycles. The molecule has 0 saturated carbocycles. The molecule has 0 saturated heterocycles. The molecule has 0 heterocycles. The lowest BCUT2D eigenvalue weighted by molar-refractivity contribution is 0.245. The van der Waals surface area contributed by atoms with Crippen LogP contribution in [0.4, 0.5) is 10.5 Å². The van der Waals surface area contributed by atoms with Crippen LogP contribution in [0.25, 0.3) is 0 Å². The van der Waals surface area contributed by atoms with E-state index in [1.165, 1.54) is 31.2 Å². The maximum atomic E-state index is 12.9. The Labute approximate surface area is 176 Å². The third-order valence-electron chi connectivity index (χ3n) is 5.18. The van der Waals surface area contributed by atoms with Crippen molar-refractivity contribution in [3.05, 3.63) is 65.7 Å². The molecule has 158 valence electrons. The predicted molar refractivity (Wildman–Crippen MR) is 123 cm³/mol. The number of hydrogen-bond donors (Lipinski definition) is 2. The van der Waals surface area contributed by atoms with Gasteiger partial charge < -0.3 is 11.1 Å². The monoisotopic (exact) mass is 395 g/mol. The summed E-state index contributed by atoms with van der Waals surface area (Å²) < 4.78 is 0. The summed E-state index contributed by atoms with van der Waals surface area (Å²) in [5, 5.41) is 3.04. The number of anilines is 1. The summed E-state index contributed by atoms with van der Waals surface area (Å²) in [5.41, 5.74) is 9.58. The Kier molecular flexibility index (Phi) is 10.3. The van der Waals surface area contributed by atoms with Crippen molar-refractivity contribution >= 4 is 11.7 Å². The number of amides is 2. The van der Waals surface area contributed by atoms with E-state index in [1.807, 2.05) is 30.3 Å². The summed E-state index contributed by atoms with van der Waals surface area (Å²) in [4.78, 5) is 14.7. The average molecular weight is 396 g/mol. The highest BCUT2D eigenvalue weighted by Crippen LogP contribution is 2.18. The van der Waals surface area contributed by atoms with Gasteiger partial charge in [-0.2, -0.15) is 0 Å². The summed E-state index contributed by atoms with van der Waals surface area (Å²) in [7, 11) is 0. The first kappa shape index (κ1) is 23.0. The minimum absolute atomic E-state index is 0.0313. The van der Waals surface area contributed by atoms with Crippen molar-refractivity contribution in [2.45, 2.75) is 71.4 Å². The Morgan fingerprint density at radius 3 is 2.31 bits per heavy atom. The maximum absolute atomic E-state index is 12.9. The van der Waals surface area contributed by atoms with Gasteiger partial charge in [-0.15, -0.1) is 0 Å². The molecule has 0 bridgehead atoms. The molecule has 2 aromatic rings. The minimum atomic E-state index is -0.101. The Morgan fingerprint density at radius 2 is 1.66 bits per heavy atom. The number of carbonyl (C=O) groups excluding carboxylic acids is 1. The molecule has 0 aliphatic carbocycles. The van der Waals surface area contributed by atoms with Gasteiger partial charge in [-0.1, -0.05) is 82.0 Å². The number of nitrogens with two attached hydrogens (primary N) is 1. The van der Waals surface area contributed by atoms with E-state index in [0.29, 0.717) is 13.1 Å². The molecule has 0 radical (unpaired) electrons. The Hall–Kier alpha value is -2.33. The van der Waals surface area contributed by atoms with Crippen LogP contribution in [0.15, 0.2) is 54.6 Å². The van der Waals surface area contributed by atoms with Gasteiger partial charge in [0.1, 0.15) is 0 Å². The molecule has 2 amide bonds. The lowest BCUT2D eigenvalue weighted by Gasteiger charge is -2.26. The lowest BCUT2D eigenvalue weighted by atomic mass is 10.1. The van der Waals surface area contributed by atoms with Gasteiger partial charge in [0, 0.05) is 24.8 Å². The maximum Gasteiger partial charge on any atom is 0.322 e. The zero-order valence-electron chi connectivity index (χ0n) is 18.1. The summed E-state index contributed by atoms with van der Waals surface area (Å²) in [6, 6.07) is 18.2. The third kappa shape index (κ3) is 8.28. The van der Waals surface area contributed by atoms with Crippen molar-refractivity contribution in [1.82, 2.24) is 5.32 Å². The molecule has 2 rings (SSSR count). The molecule has 0 fully saturated rings. The third-order valence-corrected chi connectivity index (χ3v) is 5.18. The molecule has 2 aromatic carbocycles. The van der Waals surface area contributed by atoms with Gasteiger partial charge >= 0.3 is 6.03 Å². The molecule has 1 atom stereocenters. The lowest BCUT2D eigenvalue weighted by Crippen LogP contribution is -2.46. The topological polar surface area (TPSA) is 58.4 Å². The number of benzene rings is 2. The Morgan fingerprint density at radius 1 is 0.931 bits per heavy atom. The summed E-state index contributed by atoms with van der Waals surface area (Å²) >= 11 is 0. The fraction of sp³-hybridized carbons (Fsp3) is 0.480. The van der Waals surface area contributed by atoms with Crippen LogP contribution < -0.4 is 16.0 Å². The molecule has 4 heteroatoms. The number of urea groups is 1. The number of rotatable bonds is 12. The fourth-order valence-electron chi connectivity index (χ4n) is 3.47. The smallest absolute Gasteiger partial charge is 0.322 e. The fourth-order valence-corrected chi connectivity index (χ4v) is 3.47. The molecule has 0 aliphatic rings. The highest BCUT2D eigenvalue weighted by Gasteiger charge is 2.18. The van der Waals surface area contributed by atoms with Gasteiger partial charge in [0.15, 0.2) is 0 Å². The van der Waals surface area contributed by atoms with Gasteiger partial charge in [0.25, 0.3) is 0 Å². The second kappa shape index (κ2) is 13.0. The van der Waals surface area contributed by atoms with Crippen molar-refractivity contribution in [2.75, 3.05) is 11.4 Å². The Bertz CT molecular complexity index is 700. The second-order valence-corrected chi connectivity index (χ2v) is 7.78. The van der Waals surface area contributed by atoms with Crippen molar-refractivity contribution in [3.63, 3.8) is 0 Å². The van der Waals surface area contributed by atoms with Crippen LogP contribution in [-0.4, -0.2) is 18.6 Å². The van der Waals surface area contributed by atoms with Crippen LogP contribution in [0.5, 0.6) is 0 Å². The molecule has 1 unspecified atom stereocenters. The number of unbranched alkanes of at least 4 members (excludes halogenated alkanes) is 3. The molecule has 0 spiro atoms. The van der Waals surface area contributed by atoms with E-state index in [4.69, 9.17) is 5.73 Å². The van der Waals surface area contributed by atoms with Crippen LogP contribution in [0, 0.1) is 0 Å². The van der Waals surface area contributed by atoms with Gasteiger partial charge in [0.2, 0.25) is 0 Å². The van der Waals surface area contributed by atoms with Crippen molar-refractivity contribution in [3.8, 4) is 0 Å². The number of nitrogens with one attached hydrogen (secondary N) is 1. The van der Waals surface area contributed by atoms with Crippen LogP contribution >= 0.6 is 0 Å². The van der Waals surface area contributed by atoms with Crippen molar-refractivity contribution < 1.29 is 4.79 Å². The number of aryl methyl sites for hydroxylation is 1. The molecular formula is C25H37N3O. The number of nitrogens with zero attached hydrogens (tertiary/aromatic N) is 1. The molecule has 0 aromatic heterocycles. The van der Waals surface area contributed by atoms with Gasteiger partial charge in [-0.25, -0.2) is 4.79 Å². The van der Waals surface area contributed by atoms with E-state index in [1.54, 1.807) is 4.90 Å². The van der Waals surface area contributed by atoms with E-state index in [9.17, 15) is 4.79 Å². The first-order chi connectivity index (χ1) is 14.1. The van der Waals surface area contributed by atoms with E-state index < -0.39 is 0 Å². The van der Waals surface area contributed by atoms with E-state index in [0.717, 1.165) is 30.5 Å². The van der Waals surface area contributed by atoms with Crippen molar-refractivity contribution in [1.29, 1.82) is 0 Å². The molecular weight excluding hydrogens is 358 g/mol. The Balaban J connectivity index is 2.03. The minimum Gasteiger partial charge on any atom is -0.334 e. The van der Waals surface area contributed by atoms with Crippen molar-refractivity contribution in [2.24, 2.45) is 5.73 Å². The molecule has 3 N–H and O–H groups in total. The second-order valence-electron chi connectivity index (χ2n) is 7.78. The number of carbonyl (C=O) groups is 1. The quantitative estimate of drug-likeness (QED) is 0.456. The van der Waals surface area contributed by atoms with Crippen LogP contribution in [-0.2, 0) is 13.0 Å². The van der Waals surface area contributed by atoms with Gasteiger partial charge in [-0.3, -0.25) is 4.90 Å². The predicted octanol–water partition coefficient (Wildman–Crippen LogP) is 5.65. The van der Waals surface area contributed by atoms with Crippen LogP contribution in [0.2, 0.25) is 0 Å². The van der Waals surface area contributed by atoms with E-state index in [-0.39, 0.29) is 12.1 Å².